The van der Waals surface area contributed by atoms with Crippen LogP contribution in [0.25, 0.3) is 0 Å². The van der Waals surface area contributed by atoms with Crippen LogP contribution < -0.4 is 0 Å². The average molecular weight is 213 g/mol. The summed E-state index contributed by atoms with van der Waals surface area (Å²) in [6.45, 7) is 6.97. The molecule has 14 heavy (non-hydrogen) atoms. The van der Waals surface area contributed by atoms with Crippen molar-refractivity contribution >= 4 is 20.4 Å². The minimum atomic E-state index is 0.344. The van der Waals surface area contributed by atoms with E-state index in [1.54, 1.807) is 9.10 Å². The summed E-state index contributed by atoms with van der Waals surface area (Å²) in [5.74, 6) is 0. The molecule has 0 unspecified atom stereocenters. The van der Waals surface area contributed by atoms with Gasteiger partial charge in [-0.05, 0) is 6.42 Å². The zero-order valence-electron chi connectivity index (χ0n) is 10.5. The molecule has 0 aliphatic carbocycles. The summed E-state index contributed by atoms with van der Waals surface area (Å²) in [7, 11) is 0. The van der Waals surface area contributed by atoms with E-state index in [-0.39, 0.29) is 0 Å². The van der Waals surface area contributed by atoms with Gasteiger partial charge in [-0.3, -0.25) is 0 Å². The van der Waals surface area contributed by atoms with Crippen molar-refractivity contribution < 1.29 is 5.11 Å². The molecule has 0 saturated heterocycles. The molecule has 0 aromatic rings. The van der Waals surface area contributed by atoms with Gasteiger partial charge >= 0.3 is 20.4 Å². The van der Waals surface area contributed by atoms with Crippen LogP contribution in [0, 0.1) is 0 Å². The number of hydrogen-bond acceptors (Lipinski definition) is 1. The van der Waals surface area contributed by atoms with Crippen molar-refractivity contribution in [3.8, 4) is 0 Å². The van der Waals surface area contributed by atoms with Gasteiger partial charge < -0.3 is 5.11 Å². The van der Waals surface area contributed by atoms with Gasteiger partial charge in [-0.25, -0.2) is 0 Å². The zero-order valence-corrected chi connectivity index (χ0v) is 11.9. The van der Waals surface area contributed by atoms with Crippen LogP contribution in [-0.4, -0.2) is 32.1 Å². The van der Waals surface area contributed by atoms with Gasteiger partial charge in [-0.1, -0.05) is 52.9 Å². The second kappa shape index (κ2) is 19.3. The molecule has 0 heterocycles. The molecule has 0 bridgehead atoms. The molecule has 0 aliphatic heterocycles. The Labute approximate surface area is 100 Å². The van der Waals surface area contributed by atoms with E-state index in [9.17, 15) is 0 Å². The predicted molar refractivity (Wildman–Crippen MR) is 67.2 cm³/mol. The van der Waals surface area contributed by atoms with Crippen LogP contribution in [0.4, 0.5) is 0 Å². The van der Waals surface area contributed by atoms with Crippen LogP contribution in [-0.2, 0) is 0 Å². The smallest absolute Gasteiger partial charge is 0.364 e. The maximum Gasteiger partial charge on any atom is 0.364 e. The van der Waals surface area contributed by atoms with Crippen molar-refractivity contribution in [2.24, 2.45) is 0 Å². The molecule has 0 fully saturated rings. The Morgan fingerprint density at radius 2 is 1.21 bits per heavy atom. The molecule has 0 aliphatic rings. The first-order valence-corrected chi connectivity index (χ1v) is 8.44. The highest BCUT2D eigenvalue weighted by molar-refractivity contribution is 6.35. The Kier molecular flexibility index (Phi) is 23.6. The van der Waals surface area contributed by atoms with E-state index in [0.29, 0.717) is 27.0 Å². The van der Waals surface area contributed by atoms with Gasteiger partial charge in [0.15, 0.2) is 0 Å². The SMILES string of the molecule is CCCCO.CCC[CH2][Mg][CH2]CCC. The lowest BCUT2D eigenvalue weighted by molar-refractivity contribution is 0.287. The topological polar surface area (TPSA) is 20.2 Å². The van der Waals surface area contributed by atoms with Crippen molar-refractivity contribution in [2.45, 2.75) is 68.4 Å². The van der Waals surface area contributed by atoms with Gasteiger partial charge in [0.1, 0.15) is 0 Å². The highest BCUT2D eigenvalue weighted by Crippen LogP contribution is 1.99. The number of rotatable bonds is 8. The summed E-state index contributed by atoms with van der Waals surface area (Å²) in [5.41, 5.74) is 0. The maximum atomic E-state index is 8.07. The van der Waals surface area contributed by atoms with Crippen molar-refractivity contribution in [1.82, 2.24) is 0 Å². The Bertz CT molecular complexity index is 68.7. The molecule has 0 rings (SSSR count). The van der Waals surface area contributed by atoms with E-state index in [4.69, 9.17) is 5.11 Å². The number of aliphatic hydroxyl groups is 1. The quantitative estimate of drug-likeness (QED) is 0.478. The summed E-state index contributed by atoms with van der Waals surface area (Å²) >= 11 is 0.389. The molecule has 0 aromatic heterocycles. The Hall–Kier alpha value is 0.726. The molecule has 0 atom stereocenters. The second-order valence-corrected chi connectivity index (χ2v) is 5.97. The van der Waals surface area contributed by atoms with Crippen LogP contribution in [0.5, 0.6) is 0 Å². The molecule has 1 nitrogen and oxygen atoms in total. The summed E-state index contributed by atoms with van der Waals surface area (Å²) in [4.78, 5) is 0. The summed E-state index contributed by atoms with van der Waals surface area (Å²) < 4.78 is 3.19. The summed E-state index contributed by atoms with van der Waals surface area (Å²) in [6, 6.07) is 0. The van der Waals surface area contributed by atoms with Crippen molar-refractivity contribution in [3.05, 3.63) is 0 Å². The number of aliphatic hydroxyl groups excluding tert-OH is 1. The molecule has 0 saturated carbocycles. The normalized spacial score (nSPS) is 8.86. The maximum absolute atomic E-state index is 8.07. The van der Waals surface area contributed by atoms with Gasteiger partial charge in [0, 0.05) is 6.61 Å². The molecule has 0 aromatic carbocycles. The van der Waals surface area contributed by atoms with Gasteiger partial charge in [0.25, 0.3) is 0 Å². The van der Waals surface area contributed by atoms with E-state index in [2.05, 4.69) is 20.8 Å². The van der Waals surface area contributed by atoms with Crippen LogP contribution in [0.15, 0.2) is 0 Å². The van der Waals surface area contributed by atoms with Crippen molar-refractivity contribution in [3.63, 3.8) is 0 Å². The van der Waals surface area contributed by atoms with E-state index in [1.165, 1.54) is 25.7 Å². The molecular formula is C12H28MgO. The fraction of sp³-hybridized carbons (Fsp3) is 1.00. The highest BCUT2D eigenvalue weighted by Gasteiger charge is 1.92. The monoisotopic (exact) mass is 212 g/mol. The van der Waals surface area contributed by atoms with Crippen LogP contribution in [0.2, 0.25) is 9.10 Å². The lowest BCUT2D eigenvalue weighted by Gasteiger charge is -1.93. The van der Waals surface area contributed by atoms with Crippen LogP contribution in [0.1, 0.15) is 59.3 Å². The third-order valence-electron chi connectivity index (χ3n) is 2.22. The summed E-state index contributed by atoms with van der Waals surface area (Å²) in [6.07, 6.45) is 7.83. The van der Waals surface area contributed by atoms with Crippen LogP contribution in [0.3, 0.4) is 0 Å². The lowest BCUT2D eigenvalue weighted by atomic mass is 10.4. The minimum Gasteiger partial charge on any atom is -0.396 e. The zero-order chi connectivity index (χ0) is 11.1. The van der Waals surface area contributed by atoms with E-state index in [1.807, 2.05) is 0 Å². The highest BCUT2D eigenvalue weighted by atomic mass is 24.5. The Morgan fingerprint density at radius 3 is 1.43 bits per heavy atom. The molecule has 0 spiro atoms. The molecule has 2 heteroatoms. The molecule has 84 valence electrons. The number of unbranched alkanes of at least 4 members (excludes halogenated alkanes) is 3. The fourth-order valence-corrected chi connectivity index (χ4v) is 3.25. The second-order valence-electron chi connectivity index (χ2n) is 3.84. The summed E-state index contributed by atoms with van der Waals surface area (Å²) in [5, 5.41) is 8.07. The average Bonchev–Trinajstić information content (AvgIpc) is 2.20. The van der Waals surface area contributed by atoms with Gasteiger partial charge in [-0.2, -0.15) is 0 Å². The van der Waals surface area contributed by atoms with Gasteiger partial charge in [0.05, 0.1) is 0 Å². The van der Waals surface area contributed by atoms with Crippen LogP contribution >= 0.6 is 0 Å². The standard InChI is InChI=1S/C4H10O.2C4H9.Mg/c1-2-3-4-5;2*1-3-4-2;/h5H,2-4H2,1H3;2*1,3-4H2,2H3;. The van der Waals surface area contributed by atoms with Gasteiger partial charge in [0.2, 0.25) is 0 Å². The first kappa shape index (κ1) is 17.1. The first-order chi connectivity index (χ1) is 6.83. The molecular weight excluding hydrogens is 184 g/mol. The molecule has 1 N–H and O–H groups in total. The van der Waals surface area contributed by atoms with E-state index >= 15 is 0 Å². The van der Waals surface area contributed by atoms with Gasteiger partial charge in [-0.15, -0.1) is 9.10 Å². The van der Waals surface area contributed by atoms with E-state index < -0.39 is 0 Å². The number of hydrogen-bond donors (Lipinski definition) is 1. The third-order valence-corrected chi connectivity index (χ3v) is 4.22. The predicted octanol–water partition coefficient (Wildman–Crippen LogP) is 3.91. The first-order valence-electron chi connectivity index (χ1n) is 6.44. The Morgan fingerprint density at radius 1 is 0.786 bits per heavy atom. The van der Waals surface area contributed by atoms with Crippen molar-refractivity contribution in [2.75, 3.05) is 6.61 Å². The van der Waals surface area contributed by atoms with Crippen molar-refractivity contribution in [1.29, 1.82) is 0 Å². The van der Waals surface area contributed by atoms with E-state index in [0.717, 1.165) is 12.8 Å². The molecule has 0 radical (unpaired) electrons. The lowest BCUT2D eigenvalue weighted by Crippen LogP contribution is -1.87. The minimum absolute atomic E-state index is 0.344. The largest absolute Gasteiger partial charge is 0.396 e. The third kappa shape index (κ3) is 23.0. The fourth-order valence-electron chi connectivity index (χ4n) is 1.19. The Balaban J connectivity index is 0. The molecule has 0 amide bonds.